The van der Waals surface area contributed by atoms with E-state index in [0.29, 0.717) is 5.75 Å². The second-order valence-electron chi connectivity index (χ2n) is 5.76. The number of unbranched alkanes of at least 4 members (excludes halogenated alkanes) is 8. The molecule has 1 aromatic rings. The number of nitrogens with one attached hydrogen (secondary N) is 1. The summed E-state index contributed by atoms with van der Waals surface area (Å²) in [5, 5.41) is 12.9. The van der Waals surface area contributed by atoms with Crippen molar-refractivity contribution in [1.29, 1.82) is 0 Å². The van der Waals surface area contributed by atoms with E-state index in [4.69, 9.17) is 0 Å². The van der Waals surface area contributed by atoms with Crippen molar-refractivity contribution < 1.29 is 5.11 Å². The third kappa shape index (κ3) is 7.79. The van der Waals surface area contributed by atoms with Crippen molar-refractivity contribution in [2.45, 2.75) is 71.6 Å². The van der Waals surface area contributed by atoms with Gasteiger partial charge in [0.2, 0.25) is 0 Å². The van der Waals surface area contributed by atoms with Crippen molar-refractivity contribution in [2.24, 2.45) is 0 Å². The summed E-state index contributed by atoms with van der Waals surface area (Å²) in [7, 11) is 0. The van der Waals surface area contributed by atoms with Crippen LogP contribution in [0.1, 0.15) is 70.3 Å². The van der Waals surface area contributed by atoms with E-state index in [-0.39, 0.29) is 0 Å². The van der Waals surface area contributed by atoms with Crippen LogP contribution < -0.4 is 5.32 Å². The molecule has 0 radical (unpaired) electrons. The molecule has 2 nitrogen and oxygen atoms in total. The van der Waals surface area contributed by atoms with Crippen LogP contribution in [0.15, 0.2) is 30.5 Å². The number of allylic oxidation sites excluding steroid dienone is 1. The minimum Gasteiger partial charge on any atom is -0.508 e. The molecule has 0 fully saturated rings. The Balaban J connectivity index is 2.04. The summed E-state index contributed by atoms with van der Waals surface area (Å²) in [6.07, 6.45) is 16.2. The van der Waals surface area contributed by atoms with Gasteiger partial charge in [-0.15, -0.1) is 0 Å². The van der Waals surface area contributed by atoms with Gasteiger partial charge in [-0.05, 0) is 38.1 Å². The van der Waals surface area contributed by atoms with Crippen LogP contribution in [0, 0.1) is 6.92 Å². The lowest BCUT2D eigenvalue weighted by atomic mass is 10.1. The predicted molar refractivity (Wildman–Crippen MR) is 92.8 cm³/mol. The molecule has 0 heterocycles. The molecule has 0 aliphatic rings. The maximum Gasteiger partial charge on any atom is 0.120 e. The maximum atomic E-state index is 9.61. The minimum absolute atomic E-state index is 0.344. The van der Waals surface area contributed by atoms with Gasteiger partial charge in [0, 0.05) is 11.3 Å². The summed E-state index contributed by atoms with van der Waals surface area (Å²) >= 11 is 0. The van der Waals surface area contributed by atoms with E-state index < -0.39 is 0 Å². The molecule has 0 saturated carbocycles. The molecule has 118 valence electrons. The van der Waals surface area contributed by atoms with Crippen LogP contribution in [0.3, 0.4) is 0 Å². The largest absolute Gasteiger partial charge is 0.508 e. The highest BCUT2D eigenvalue weighted by Crippen LogP contribution is 2.23. The first-order valence-corrected chi connectivity index (χ1v) is 8.45. The van der Waals surface area contributed by atoms with Crippen molar-refractivity contribution in [3.05, 3.63) is 36.0 Å². The summed E-state index contributed by atoms with van der Waals surface area (Å²) in [6.45, 7) is 4.18. The van der Waals surface area contributed by atoms with Gasteiger partial charge in [0.05, 0.1) is 0 Å². The van der Waals surface area contributed by atoms with Crippen molar-refractivity contribution in [3.8, 4) is 5.75 Å². The molecular weight excluding hydrogens is 258 g/mol. The fourth-order valence-corrected chi connectivity index (χ4v) is 2.41. The summed E-state index contributed by atoms with van der Waals surface area (Å²) in [5.41, 5.74) is 1.87. The van der Waals surface area contributed by atoms with Gasteiger partial charge in [-0.2, -0.15) is 0 Å². The van der Waals surface area contributed by atoms with Crippen LogP contribution >= 0.6 is 0 Å². The molecule has 1 aromatic carbocycles. The highest BCUT2D eigenvalue weighted by Gasteiger charge is 1.99. The van der Waals surface area contributed by atoms with Crippen LogP contribution in [0.4, 0.5) is 5.69 Å². The van der Waals surface area contributed by atoms with Gasteiger partial charge < -0.3 is 10.4 Å². The molecule has 0 aliphatic heterocycles. The summed E-state index contributed by atoms with van der Waals surface area (Å²) in [6, 6.07) is 5.55. The molecular formula is C19H31NO. The van der Waals surface area contributed by atoms with E-state index in [2.05, 4.69) is 18.3 Å². The first-order chi connectivity index (χ1) is 10.3. The number of hydrogen-bond donors (Lipinski definition) is 2. The molecule has 0 spiro atoms. The van der Waals surface area contributed by atoms with Gasteiger partial charge in [-0.1, -0.05) is 64.0 Å². The standard InChI is InChI=1S/C19H31NO/c1-3-4-5-6-7-8-9-10-11-12-16-20-18-14-13-15-19(21)17(18)2/h12-16,20-21H,3-11H2,1-2H3. The lowest BCUT2D eigenvalue weighted by Gasteiger charge is -2.06. The SMILES string of the molecule is CCCCCCCCCCC=CNc1cccc(O)c1C. The number of benzene rings is 1. The fraction of sp³-hybridized carbons (Fsp3) is 0.579. The Kier molecular flexibility index (Phi) is 9.43. The zero-order valence-electron chi connectivity index (χ0n) is 13.7. The normalized spacial score (nSPS) is 11.1. The minimum atomic E-state index is 0.344. The number of rotatable bonds is 11. The zero-order chi connectivity index (χ0) is 15.3. The van der Waals surface area contributed by atoms with Crippen LogP contribution in [0.25, 0.3) is 0 Å². The quantitative estimate of drug-likeness (QED) is 0.478. The third-order valence-corrected chi connectivity index (χ3v) is 3.89. The lowest BCUT2D eigenvalue weighted by Crippen LogP contribution is -1.90. The number of phenolic OH excluding ortho intramolecular Hbond substituents is 1. The molecule has 0 aliphatic carbocycles. The van der Waals surface area contributed by atoms with E-state index in [0.717, 1.165) is 17.7 Å². The van der Waals surface area contributed by atoms with E-state index in [1.54, 1.807) is 6.07 Å². The predicted octanol–water partition coefficient (Wildman–Crippen LogP) is 6.16. The first kappa shape index (κ1) is 17.6. The Morgan fingerprint density at radius 3 is 2.38 bits per heavy atom. The van der Waals surface area contributed by atoms with Gasteiger partial charge in [-0.3, -0.25) is 0 Å². The highest BCUT2D eigenvalue weighted by atomic mass is 16.3. The van der Waals surface area contributed by atoms with Gasteiger partial charge in [0.1, 0.15) is 5.75 Å². The number of hydrogen-bond acceptors (Lipinski definition) is 2. The second kappa shape index (κ2) is 11.2. The Labute approximate surface area is 130 Å². The van der Waals surface area contributed by atoms with Crippen LogP contribution in [-0.2, 0) is 0 Å². The number of aromatic hydroxyl groups is 1. The summed E-state index contributed by atoms with van der Waals surface area (Å²) < 4.78 is 0. The molecule has 0 saturated heterocycles. The Hall–Kier alpha value is -1.44. The first-order valence-electron chi connectivity index (χ1n) is 8.45. The average Bonchev–Trinajstić information content (AvgIpc) is 2.49. The van der Waals surface area contributed by atoms with Crippen LogP contribution in [0.2, 0.25) is 0 Å². The monoisotopic (exact) mass is 289 g/mol. The summed E-state index contributed by atoms with van der Waals surface area (Å²) in [4.78, 5) is 0. The van der Waals surface area contributed by atoms with Crippen molar-refractivity contribution in [1.82, 2.24) is 0 Å². The molecule has 0 unspecified atom stereocenters. The van der Waals surface area contributed by atoms with E-state index in [1.807, 2.05) is 25.3 Å². The van der Waals surface area contributed by atoms with E-state index >= 15 is 0 Å². The van der Waals surface area contributed by atoms with Crippen LogP contribution in [0.5, 0.6) is 5.75 Å². The smallest absolute Gasteiger partial charge is 0.120 e. The zero-order valence-corrected chi connectivity index (χ0v) is 13.7. The second-order valence-corrected chi connectivity index (χ2v) is 5.76. The van der Waals surface area contributed by atoms with Gasteiger partial charge in [-0.25, -0.2) is 0 Å². The van der Waals surface area contributed by atoms with Crippen molar-refractivity contribution >= 4 is 5.69 Å². The molecule has 0 aromatic heterocycles. The number of phenols is 1. The Bertz CT molecular complexity index is 412. The van der Waals surface area contributed by atoms with E-state index in [9.17, 15) is 5.11 Å². The van der Waals surface area contributed by atoms with Gasteiger partial charge in [0.25, 0.3) is 0 Å². The molecule has 0 atom stereocenters. The molecule has 2 heteroatoms. The lowest BCUT2D eigenvalue weighted by molar-refractivity contribution is 0.471. The van der Waals surface area contributed by atoms with Crippen molar-refractivity contribution in [2.75, 3.05) is 5.32 Å². The van der Waals surface area contributed by atoms with E-state index in [1.165, 1.54) is 51.4 Å². The topological polar surface area (TPSA) is 32.3 Å². The highest BCUT2D eigenvalue weighted by molar-refractivity contribution is 5.57. The molecule has 0 amide bonds. The van der Waals surface area contributed by atoms with Crippen molar-refractivity contribution in [3.63, 3.8) is 0 Å². The molecule has 21 heavy (non-hydrogen) atoms. The molecule has 2 N–H and O–H groups in total. The number of anilines is 1. The van der Waals surface area contributed by atoms with Gasteiger partial charge >= 0.3 is 0 Å². The van der Waals surface area contributed by atoms with Gasteiger partial charge in [0.15, 0.2) is 0 Å². The molecule has 0 bridgehead atoms. The Morgan fingerprint density at radius 2 is 1.67 bits per heavy atom. The Morgan fingerprint density at radius 1 is 1.00 bits per heavy atom. The maximum absolute atomic E-state index is 9.61. The third-order valence-electron chi connectivity index (χ3n) is 3.89. The molecule has 1 rings (SSSR count). The summed E-state index contributed by atoms with van der Waals surface area (Å²) in [5.74, 6) is 0.344. The average molecular weight is 289 g/mol. The fourth-order valence-electron chi connectivity index (χ4n) is 2.41. The van der Waals surface area contributed by atoms with Crippen LogP contribution in [-0.4, -0.2) is 5.11 Å².